The summed E-state index contributed by atoms with van der Waals surface area (Å²) in [6, 6.07) is 0. The molecular weight excluding hydrogens is 186 g/mol. The van der Waals surface area contributed by atoms with E-state index >= 15 is 0 Å². The molecule has 0 aliphatic carbocycles. The highest BCUT2D eigenvalue weighted by Gasteiger charge is 2.28. The number of hydroxylamine groups is 1. The Morgan fingerprint density at radius 3 is 2.71 bits per heavy atom. The van der Waals surface area contributed by atoms with Crippen molar-refractivity contribution in [2.75, 3.05) is 19.7 Å². The van der Waals surface area contributed by atoms with Gasteiger partial charge in [-0.2, -0.15) is 0 Å². The molecule has 1 atom stereocenters. The molecule has 1 unspecified atom stereocenters. The minimum atomic E-state index is -0.608. The van der Waals surface area contributed by atoms with Crippen LogP contribution in [-0.4, -0.2) is 31.5 Å². The third-order valence-corrected chi connectivity index (χ3v) is 2.32. The van der Waals surface area contributed by atoms with Gasteiger partial charge in [0.15, 0.2) is 6.61 Å². The summed E-state index contributed by atoms with van der Waals surface area (Å²) >= 11 is 0. The summed E-state index contributed by atoms with van der Waals surface area (Å²) in [5, 5.41) is 3.08. The number of carbonyl (C=O) groups is 2. The van der Waals surface area contributed by atoms with Crippen molar-refractivity contribution in [2.45, 2.75) is 6.92 Å². The molecule has 1 heterocycles. The second-order valence-electron chi connectivity index (χ2n) is 3.43. The zero-order valence-corrected chi connectivity index (χ0v) is 8.08. The number of nitrogens with two attached hydrogens (primary N) is 1. The molecule has 6 nitrogen and oxygen atoms in total. The predicted octanol–water partition coefficient (Wildman–Crippen LogP) is -1.62. The molecule has 14 heavy (non-hydrogen) atoms. The fourth-order valence-corrected chi connectivity index (χ4v) is 1.15. The molecule has 0 radical (unpaired) electrons. The molecule has 0 bridgehead atoms. The van der Waals surface area contributed by atoms with Crippen molar-refractivity contribution < 1.29 is 14.4 Å². The van der Waals surface area contributed by atoms with Gasteiger partial charge in [-0.05, 0) is 19.0 Å². The molecule has 2 amide bonds. The molecule has 0 aromatic carbocycles. The van der Waals surface area contributed by atoms with Gasteiger partial charge in [-0.25, -0.2) is 5.48 Å². The lowest BCUT2D eigenvalue weighted by molar-refractivity contribution is -0.142. The van der Waals surface area contributed by atoms with Crippen molar-refractivity contribution in [1.29, 1.82) is 0 Å². The third kappa shape index (κ3) is 2.97. The number of hydrogen-bond acceptors (Lipinski definition) is 4. The molecule has 1 rings (SSSR count). The van der Waals surface area contributed by atoms with Crippen LogP contribution in [0.1, 0.15) is 6.92 Å². The number of rotatable bonds is 5. The Morgan fingerprint density at radius 1 is 1.64 bits per heavy atom. The van der Waals surface area contributed by atoms with E-state index < -0.39 is 5.91 Å². The highest BCUT2D eigenvalue weighted by atomic mass is 16.7. The van der Waals surface area contributed by atoms with Gasteiger partial charge in [-0.3, -0.25) is 14.4 Å². The summed E-state index contributed by atoms with van der Waals surface area (Å²) in [4.78, 5) is 26.2. The van der Waals surface area contributed by atoms with Gasteiger partial charge >= 0.3 is 0 Å². The number of amides is 2. The smallest absolute Gasteiger partial charge is 0.246 e. The first-order valence-electron chi connectivity index (χ1n) is 4.52. The Kier molecular flexibility index (Phi) is 3.84. The van der Waals surface area contributed by atoms with Crippen LogP contribution in [0, 0.1) is 11.8 Å². The van der Waals surface area contributed by atoms with Crippen molar-refractivity contribution in [3.63, 3.8) is 0 Å². The van der Waals surface area contributed by atoms with Crippen molar-refractivity contribution in [2.24, 2.45) is 17.6 Å². The van der Waals surface area contributed by atoms with E-state index in [9.17, 15) is 9.59 Å². The summed E-state index contributed by atoms with van der Waals surface area (Å²) in [5.41, 5.74) is 7.02. The Bertz CT molecular complexity index is 228. The van der Waals surface area contributed by atoms with E-state index in [0.717, 1.165) is 13.1 Å². The van der Waals surface area contributed by atoms with Gasteiger partial charge in [0.05, 0.1) is 0 Å². The van der Waals surface area contributed by atoms with Gasteiger partial charge in [0, 0.05) is 5.92 Å². The van der Waals surface area contributed by atoms with Crippen molar-refractivity contribution in [3.8, 4) is 0 Å². The van der Waals surface area contributed by atoms with Crippen molar-refractivity contribution >= 4 is 11.8 Å². The van der Waals surface area contributed by atoms with Crippen LogP contribution in [0.3, 0.4) is 0 Å². The number of carbonyl (C=O) groups excluding carboxylic acids is 2. The summed E-state index contributed by atoms with van der Waals surface area (Å²) in [6.45, 7) is 3.24. The average Bonchev–Trinajstić information content (AvgIpc) is 2.00. The molecule has 0 aromatic rings. The molecule has 1 fully saturated rings. The number of primary amides is 1. The molecule has 0 saturated carbocycles. The normalized spacial score (nSPS) is 18.4. The molecule has 0 aromatic heterocycles. The summed E-state index contributed by atoms with van der Waals surface area (Å²) in [7, 11) is 0. The van der Waals surface area contributed by atoms with E-state index in [0.29, 0.717) is 5.92 Å². The van der Waals surface area contributed by atoms with Crippen LogP contribution in [-0.2, 0) is 14.4 Å². The lowest BCUT2D eigenvalue weighted by Crippen LogP contribution is -2.49. The minimum Gasteiger partial charge on any atom is -0.368 e. The minimum absolute atomic E-state index is 0.107. The highest BCUT2D eigenvalue weighted by molar-refractivity contribution is 5.78. The summed E-state index contributed by atoms with van der Waals surface area (Å²) < 4.78 is 0. The van der Waals surface area contributed by atoms with E-state index in [1.54, 1.807) is 0 Å². The largest absolute Gasteiger partial charge is 0.368 e. The third-order valence-electron chi connectivity index (χ3n) is 2.32. The molecular formula is C8H15N3O3. The molecule has 4 N–H and O–H groups in total. The second-order valence-corrected chi connectivity index (χ2v) is 3.43. The van der Waals surface area contributed by atoms with Crippen LogP contribution >= 0.6 is 0 Å². The van der Waals surface area contributed by atoms with E-state index in [1.165, 1.54) is 0 Å². The first-order chi connectivity index (χ1) is 6.61. The molecule has 0 spiro atoms. The van der Waals surface area contributed by atoms with Gasteiger partial charge in [-0.1, -0.05) is 6.92 Å². The van der Waals surface area contributed by atoms with Crippen LogP contribution in [0.4, 0.5) is 0 Å². The monoisotopic (exact) mass is 201 g/mol. The Hall–Kier alpha value is -1.14. The maximum absolute atomic E-state index is 11.3. The first kappa shape index (κ1) is 10.9. The van der Waals surface area contributed by atoms with E-state index in [-0.39, 0.29) is 18.4 Å². The summed E-state index contributed by atoms with van der Waals surface area (Å²) in [5.74, 6) is -0.572. The lowest BCUT2D eigenvalue weighted by Gasteiger charge is -2.31. The molecule has 1 aliphatic rings. The maximum atomic E-state index is 11.3. The predicted molar refractivity (Wildman–Crippen MR) is 48.8 cm³/mol. The van der Waals surface area contributed by atoms with Crippen molar-refractivity contribution in [1.82, 2.24) is 10.8 Å². The topological polar surface area (TPSA) is 93.4 Å². The Morgan fingerprint density at radius 2 is 2.29 bits per heavy atom. The first-order valence-corrected chi connectivity index (χ1v) is 4.52. The van der Waals surface area contributed by atoms with E-state index in [4.69, 9.17) is 5.73 Å². The van der Waals surface area contributed by atoms with Gasteiger partial charge in [0.2, 0.25) is 11.8 Å². The van der Waals surface area contributed by atoms with Crippen LogP contribution in [0.5, 0.6) is 0 Å². The van der Waals surface area contributed by atoms with Gasteiger partial charge < -0.3 is 11.1 Å². The summed E-state index contributed by atoms with van der Waals surface area (Å²) in [6.07, 6.45) is 0. The standard InChI is InChI=1S/C8H15N3O3/c1-5(6-2-10-3-6)8(13)11-14-4-7(9)12/h5-6,10H,2-4H2,1H3,(H2,9,12)(H,11,13). The average molecular weight is 201 g/mol. The fraction of sp³-hybridized carbons (Fsp3) is 0.750. The van der Waals surface area contributed by atoms with Crippen LogP contribution in [0.2, 0.25) is 0 Å². The number of nitrogens with one attached hydrogen (secondary N) is 2. The highest BCUT2D eigenvalue weighted by Crippen LogP contribution is 2.15. The second kappa shape index (κ2) is 4.92. The fourth-order valence-electron chi connectivity index (χ4n) is 1.15. The van der Waals surface area contributed by atoms with E-state index in [1.807, 2.05) is 6.92 Å². The quantitative estimate of drug-likeness (QED) is 0.466. The lowest BCUT2D eigenvalue weighted by atomic mass is 9.88. The SMILES string of the molecule is CC(C(=O)NOCC(N)=O)C1CNC1. The van der Waals surface area contributed by atoms with Crippen LogP contribution in [0.15, 0.2) is 0 Å². The number of hydrogen-bond donors (Lipinski definition) is 3. The zero-order chi connectivity index (χ0) is 10.6. The van der Waals surface area contributed by atoms with Crippen molar-refractivity contribution in [3.05, 3.63) is 0 Å². The molecule has 1 saturated heterocycles. The van der Waals surface area contributed by atoms with Crippen LogP contribution in [0.25, 0.3) is 0 Å². The van der Waals surface area contributed by atoms with Crippen LogP contribution < -0.4 is 16.5 Å². The Balaban J connectivity index is 2.16. The molecule has 80 valence electrons. The molecule has 1 aliphatic heterocycles. The van der Waals surface area contributed by atoms with Gasteiger partial charge in [0.25, 0.3) is 0 Å². The van der Waals surface area contributed by atoms with E-state index in [2.05, 4.69) is 15.6 Å². The zero-order valence-electron chi connectivity index (χ0n) is 8.08. The Labute approximate surface area is 82.1 Å². The maximum Gasteiger partial charge on any atom is 0.246 e. The van der Waals surface area contributed by atoms with Gasteiger partial charge in [-0.15, -0.1) is 0 Å². The molecule has 6 heteroatoms. The van der Waals surface area contributed by atoms with Gasteiger partial charge in [0.1, 0.15) is 0 Å².